The lowest BCUT2D eigenvalue weighted by Gasteiger charge is -2.14. The van der Waals surface area contributed by atoms with Gasteiger partial charge in [-0.3, -0.25) is 4.79 Å². The predicted molar refractivity (Wildman–Crippen MR) is 73.8 cm³/mol. The van der Waals surface area contributed by atoms with Gasteiger partial charge >= 0.3 is 0 Å². The van der Waals surface area contributed by atoms with Gasteiger partial charge in [0.2, 0.25) is 11.7 Å². The average molecular weight is 265 g/mol. The van der Waals surface area contributed by atoms with Crippen molar-refractivity contribution < 1.29 is 19.0 Å². The molecule has 0 saturated carbocycles. The number of rotatable bonds is 5. The number of carbonyl (C=O) groups excluding carboxylic acids is 1. The van der Waals surface area contributed by atoms with Crippen LogP contribution in [0.5, 0.6) is 17.2 Å². The van der Waals surface area contributed by atoms with Gasteiger partial charge < -0.3 is 19.1 Å². The Kier molecular flexibility index (Phi) is 5.23. The Morgan fingerprint density at radius 3 is 2.16 bits per heavy atom. The van der Waals surface area contributed by atoms with Gasteiger partial charge in [-0.2, -0.15) is 0 Å². The van der Waals surface area contributed by atoms with Crippen molar-refractivity contribution in [2.24, 2.45) is 0 Å². The van der Waals surface area contributed by atoms with E-state index in [2.05, 4.69) is 0 Å². The molecule has 1 aromatic rings. The van der Waals surface area contributed by atoms with Crippen molar-refractivity contribution in [3.63, 3.8) is 0 Å². The number of hydrogen-bond donors (Lipinski definition) is 0. The first-order valence-corrected chi connectivity index (χ1v) is 5.73. The van der Waals surface area contributed by atoms with Crippen LogP contribution >= 0.6 is 0 Å². The molecule has 0 aromatic heterocycles. The molecule has 0 spiro atoms. The van der Waals surface area contributed by atoms with Crippen molar-refractivity contribution >= 4 is 12.0 Å². The summed E-state index contributed by atoms with van der Waals surface area (Å²) < 4.78 is 15.8. The first kappa shape index (κ1) is 14.9. The van der Waals surface area contributed by atoms with Crippen molar-refractivity contribution in [1.82, 2.24) is 4.90 Å². The second kappa shape index (κ2) is 6.68. The number of methoxy groups -OCH3 is 3. The number of benzene rings is 1. The number of hydrogen-bond acceptors (Lipinski definition) is 4. The number of amides is 1. The first-order valence-electron chi connectivity index (χ1n) is 5.73. The molecule has 1 aromatic carbocycles. The van der Waals surface area contributed by atoms with E-state index in [0.29, 0.717) is 17.2 Å². The summed E-state index contributed by atoms with van der Waals surface area (Å²) in [5.74, 6) is 1.52. The van der Waals surface area contributed by atoms with Crippen molar-refractivity contribution in [3.05, 3.63) is 23.8 Å². The summed E-state index contributed by atoms with van der Waals surface area (Å²) in [6.07, 6.45) is 3.16. The van der Waals surface area contributed by atoms with Crippen molar-refractivity contribution in [3.8, 4) is 17.2 Å². The zero-order chi connectivity index (χ0) is 14.4. The highest BCUT2D eigenvalue weighted by Gasteiger charge is 2.14. The highest BCUT2D eigenvalue weighted by atomic mass is 16.5. The van der Waals surface area contributed by atoms with Gasteiger partial charge in [0.05, 0.1) is 21.3 Å². The Morgan fingerprint density at radius 1 is 1.05 bits per heavy atom. The molecule has 0 aliphatic carbocycles. The van der Waals surface area contributed by atoms with Gasteiger partial charge in [-0.1, -0.05) is 0 Å². The Morgan fingerprint density at radius 2 is 1.68 bits per heavy atom. The molecule has 0 unspecified atom stereocenters. The number of ether oxygens (including phenoxy) is 3. The van der Waals surface area contributed by atoms with Crippen LogP contribution in [-0.4, -0.2) is 46.2 Å². The fourth-order valence-corrected chi connectivity index (χ4v) is 1.57. The van der Waals surface area contributed by atoms with Crippen molar-refractivity contribution in [2.75, 3.05) is 35.4 Å². The fourth-order valence-electron chi connectivity index (χ4n) is 1.57. The summed E-state index contributed by atoms with van der Waals surface area (Å²) in [6.45, 7) is 0. The van der Waals surface area contributed by atoms with E-state index in [4.69, 9.17) is 14.2 Å². The van der Waals surface area contributed by atoms with E-state index in [1.165, 1.54) is 11.0 Å². The second-order valence-corrected chi connectivity index (χ2v) is 3.99. The van der Waals surface area contributed by atoms with E-state index in [9.17, 15) is 4.79 Å². The summed E-state index contributed by atoms with van der Waals surface area (Å²) in [6, 6.07) is 3.57. The Labute approximate surface area is 113 Å². The van der Waals surface area contributed by atoms with Gasteiger partial charge in [0.25, 0.3) is 0 Å². The maximum Gasteiger partial charge on any atom is 0.246 e. The van der Waals surface area contributed by atoms with Gasteiger partial charge in [-0.05, 0) is 18.2 Å². The quantitative estimate of drug-likeness (QED) is 0.762. The summed E-state index contributed by atoms with van der Waals surface area (Å²) in [5, 5.41) is 0. The summed E-state index contributed by atoms with van der Waals surface area (Å²) >= 11 is 0. The molecule has 0 heterocycles. The van der Waals surface area contributed by atoms with E-state index < -0.39 is 0 Å². The topological polar surface area (TPSA) is 48.0 Å². The highest BCUT2D eigenvalue weighted by Crippen LogP contribution is 2.40. The lowest BCUT2D eigenvalue weighted by atomic mass is 10.1. The number of nitrogens with zero attached hydrogens (tertiary/aromatic N) is 1. The minimum Gasteiger partial charge on any atom is -0.493 e. The maximum atomic E-state index is 11.5. The highest BCUT2D eigenvalue weighted by molar-refractivity contribution is 5.92. The SMILES string of the molecule is COc1ccc(/C=C/C(=O)N(C)C)c(OC)c1OC. The van der Waals surface area contributed by atoms with Gasteiger partial charge in [-0.25, -0.2) is 0 Å². The van der Waals surface area contributed by atoms with Crippen LogP contribution in [0.25, 0.3) is 6.08 Å². The molecule has 0 bridgehead atoms. The van der Waals surface area contributed by atoms with Crippen LogP contribution in [0, 0.1) is 0 Å². The predicted octanol–water partition coefficient (Wildman–Crippen LogP) is 1.81. The molecule has 5 nitrogen and oxygen atoms in total. The van der Waals surface area contributed by atoms with Crippen molar-refractivity contribution in [1.29, 1.82) is 0 Å². The van der Waals surface area contributed by atoms with Crippen LogP contribution < -0.4 is 14.2 Å². The summed E-state index contributed by atoms with van der Waals surface area (Å²) in [7, 11) is 8.03. The molecule has 19 heavy (non-hydrogen) atoms. The van der Waals surface area contributed by atoms with E-state index >= 15 is 0 Å². The van der Waals surface area contributed by atoms with E-state index in [1.807, 2.05) is 0 Å². The largest absolute Gasteiger partial charge is 0.493 e. The molecule has 0 aliphatic heterocycles. The average Bonchev–Trinajstić information content (AvgIpc) is 2.42. The first-order chi connectivity index (χ1) is 9.04. The van der Waals surface area contributed by atoms with Crippen LogP contribution in [0.15, 0.2) is 18.2 Å². The van der Waals surface area contributed by atoms with Crippen LogP contribution in [0.1, 0.15) is 5.56 Å². The Hall–Kier alpha value is -2.17. The molecular weight excluding hydrogens is 246 g/mol. The van der Waals surface area contributed by atoms with Crippen LogP contribution in [0.4, 0.5) is 0 Å². The molecule has 0 saturated heterocycles. The Balaban J connectivity index is 3.18. The maximum absolute atomic E-state index is 11.5. The molecule has 5 heteroatoms. The van der Waals surface area contributed by atoms with Gasteiger partial charge in [-0.15, -0.1) is 0 Å². The second-order valence-electron chi connectivity index (χ2n) is 3.99. The van der Waals surface area contributed by atoms with Gasteiger partial charge in [0, 0.05) is 25.7 Å². The van der Waals surface area contributed by atoms with Crippen molar-refractivity contribution in [2.45, 2.75) is 0 Å². The smallest absolute Gasteiger partial charge is 0.246 e. The molecule has 0 fully saturated rings. The standard InChI is InChI=1S/C14H19NO4/c1-15(2)12(16)9-7-10-6-8-11(17-3)14(19-5)13(10)18-4/h6-9H,1-5H3/b9-7+. The van der Waals surface area contributed by atoms with E-state index in [1.54, 1.807) is 53.6 Å². The molecule has 1 amide bonds. The molecule has 1 rings (SSSR count). The normalized spacial score (nSPS) is 10.4. The zero-order valence-corrected chi connectivity index (χ0v) is 11.9. The van der Waals surface area contributed by atoms with Gasteiger partial charge in [0.1, 0.15) is 0 Å². The Bertz CT molecular complexity index is 481. The number of likely N-dealkylation sites (N-methyl/N-ethyl adjacent to an activating group) is 1. The van der Waals surface area contributed by atoms with Gasteiger partial charge in [0.15, 0.2) is 11.5 Å². The molecular formula is C14H19NO4. The lowest BCUT2D eigenvalue weighted by Crippen LogP contribution is -2.18. The molecule has 0 radical (unpaired) electrons. The van der Waals surface area contributed by atoms with Crippen LogP contribution in [-0.2, 0) is 4.79 Å². The van der Waals surface area contributed by atoms with E-state index in [0.717, 1.165) is 5.56 Å². The third-order valence-electron chi connectivity index (χ3n) is 2.58. The summed E-state index contributed by atoms with van der Waals surface area (Å²) in [5.41, 5.74) is 0.746. The monoisotopic (exact) mass is 265 g/mol. The zero-order valence-electron chi connectivity index (χ0n) is 11.9. The van der Waals surface area contributed by atoms with Crippen LogP contribution in [0.3, 0.4) is 0 Å². The third-order valence-corrected chi connectivity index (χ3v) is 2.58. The minimum absolute atomic E-state index is 0.100. The molecule has 0 N–H and O–H groups in total. The number of carbonyl (C=O) groups is 1. The lowest BCUT2D eigenvalue weighted by molar-refractivity contribution is -0.123. The molecule has 104 valence electrons. The third kappa shape index (κ3) is 3.40. The van der Waals surface area contributed by atoms with Crippen LogP contribution in [0.2, 0.25) is 0 Å². The summed E-state index contributed by atoms with van der Waals surface area (Å²) in [4.78, 5) is 13.0. The minimum atomic E-state index is -0.100. The molecule has 0 atom stereocenters. The molecule has 0 aliphatic rings. The fraction of sp³-hybridized carbons (Fsp3) is 0.357. The van der Waals surface area contributed by atoms with E-state index in [-0.39, 0.29) is 5.91 Å².